The Labute approximate surface area is 136 Å². The number of halogens is 1. The highest BCUT2D eigenvalue weighted by Gasteiger charge is 2.13. The summed E-state index contributed by atoms with van der Waals surface area (Å²) in [6.45, 7) is 0.729. The molecule has 0 saturated heterocycles. The second kappa shape index (κ2) is 7.64. The molecule has 1 aromatic heterocycles. The Kier molecular flexibility index (Phi) is 5.85. The average Bonchev–Trinajstić information content (AvgIpc) is 2.78. The predicted molar refractivity (Wildman–Crippen MR) is 89.3 cm³/mol. The van der Waals surface area contributed by atoms with Gasteiger partial charge in [-0.15, -0.1) is 18.2 Å². The van der Waals surface area contributed by atoms with E-state index >= 15 is 0 Å². The van der Waals surface area contributed by atoms with Crippen molar-refractivity contribution in [1.82, 2.24) is 9.55 Å². The number of hydrogen-bond donors (Lipinski definition) is 1. The summed E-state index contributed by atoms with van der Waals surface area (Å²) in [5, 5.41) is 10.1. The number of aromatic nitrogens is 2. The quantitative estimate of drug-likeness (QED) is 0.476. The monoisotopic (exact) mass is 340 g/mol. The molecule has 0 atom stereocenters. The predicted octanol–water partition coefficient (Wildman–Crippen LogP) is 3.23. The molecule has 0 aliphatic rings. The third kappa shape index (κ3) is 4.34. The number of carboxylic acids is 1. The molecule has 0 bridgehead atoms. The molecule has 0 saturated carbocycles. The number of fused-ring (bicyclic) bond motifs is 1. The maximum Gasteiger partial charge on any atom is 0.313 e. The van der Waals surface area contributed by atoms with E-state index in [0.717, 1.165) is 23.3 Å². The molecule has 0 aliphatic carbocycles. The van der Waals surface area contributed by atoms with Crippen LogP contribution in [0.4, 0.5) is 0 Å². The van der Waals surface area contributed by atoms with Gasteiger partial charge < -0.3 is 9.67 Å². The lowest BCUT2D eigenvalue weighted by atomic mass is 10.3. The highest BCUT2D eigenvalue weighted by Crippen LogP contribution is 2.26. The second-order valence-corrected chi connectivity index (χ2v) is 6.60. The van der Waals surface area contributed by atoms with Crippen molar-refractivity contribution in [2.75, 3.05) is 17.3 Å². The highest BCUT2D eigenvalue weighted by atomic mass is 35.5. The first-order valence-electron chi connectivity index (χ1n) is 6.13. The van der Waals surface area contributed by atoms with Gasteiger partial charge in [-0.1, -0.05) is 29.3 Å². The zero-order chi connectivity index (χ0) is 15.2. The third-order valence-corrected chi connectivity index (χ3v) is 4.68. The molecule has 7 heteroatoms. The summed E-state index contributed by atoms with van der Waals surface area (Å²) in [6.07, 6.45) is 5.23. The number of aryl methyl sites for hydroxylation is 1. The maximum absolute atomic E-state index is 10.7. The minimum Gasteiger partial charge on any atom is -0.481 e. The summed E-state index contributed by atoms with van der Waals surface area (Å²) < 4.78 is 2.02. The van der Waals surface area contributed by atoms with Crippen LogP contribution >= 0.6 is 35.1 Å². The highest BCUT2D eigenvalue weighted by molar-refractivity contribution is 8.00. The van der Waals surface area contributed by atoms with E-state index < -0.39 is 5.97 Å². The van der Waals surface area contributed by atoms with E-state index in [9.17, 15) is 4.79 Å². The number of imidazole rings is 1. The number of aliphatic carboxylic acids is 1. The lowest BCUT2D eigenvalue weighted by molar-refractivity contribution is -0.133. The maximum atomic E-state index is 10.7. The van der Waals surface area contributed by atoms with E-state index in [1.54, 1.807) is 17.8 Å². The first-order chi connectivity index (χ1) is 10.1. The minimum atomic E-state index is -0.863. The van der Waals surface area contributed by atoms with Crippen molar-refractivity contribution in [2.45, 2.75) is 11.7 Å². The van der Waals surface area contributed by atoms with E-state index in [-0.39, 0.29) is 5.75 Å². The first kappa shape index (κ1) is 16.1. The minimum absolute atomic E-state index is 0.0193. The smallest absolute Gasteiger partial charge is 0.313 e. The van der Waals surface area contributed by atoms with Gasteiger partial charge in [0.25, 0.3) is 0 Å². The summed E-state index contributed by atoms with van der Waals surface area (Å²) in [5.41, 5.74) is 1.73. The van der Waals surface area contributed by atoms with Gasteiger partial charge in [-0.05, 0) is 18.2 Å². The molecule has 0 unspecified atom stereocenters. The van der Waals surface area contributed by atoms with Gasteiger partial charge in [-0.2, -0.15) is 0 Å². The Balaban J connectivity index is 2.26. The Hall–Kier alpha value is -1.29. The average molecular weight is 341 g/mol. The van der Waals surface area contributed by atoms with Crippen LogP contribution in [-0.4, -0.2) is 37.9 Å². The Morgan fingerprint density at radius 1 is 1.52 bits per heavy atom. The molecule has 1 N–H and O–H groups in total. The molecule has 1 aromatic carbocycles. The number of nitrogens with zero attached hydrogens (tertiary/aromatic N) is 2. The number of rotatable bonds is 7. The van der Waals surface area contributed by atoms with Crippen LogP contribution in [0.5, 0.6) is 0 Å². The number of carboxylic acid groups (broad SMARTS) is 1. The summed E-state index contributed by atoms with van der Waals surface area (Å²) in [4.78, 5) is 15.2. The fourth-order valence-corrected chi connectivity index (χ4v) is 3.32. The van der Waals surface area contributed by atoms with Crippen molar-refractivity contribution >= 4 is 52.1 Å². The van der Waals surface area contributed by atoms with E-state index in [2.05, 4.69) is 10.9 Å². The molecule has 0 fully saturated rings. The van der Waals surface area contributed by atoms with E-state index in [4.69, 9.17) is 23.1 Å². The van der Waals surface area contributed by atoms with Crippen molar-refractivity contribution in [3.8, 4) is 12.3 Å². The van der Waals surface area contributed by atoms with Crippen LogP contribution in [0.2, 0.25) is 5.02 Å². The number of carbonyl (C=O) groups is 1. The molecule has 0 amide bonds. The molecule has 0 radical (unpaired) electrons. The lowest BCUT2D eigenvalue weighted by Gasteiger charge is -2.07. The normalized spacial score (nSPS) is 10.7. The van der Waals surface area contributed by atoms with E-state index in [0.29, 0.717) is 15.9 Å². The molecule has 0 aliphatic heterocycles. The third-order valence-electron chi connectivity index (χ3n) is 2.64. The van der Waals surface area contributed by atoms with Gasteiger partial charge >= 0.3 is 5.97 Å². The van der Waals surface area contributed by atoms with Crippen molar-refractivity contribution in [3.05, 3.63) is 23.2 Å². The van der Waals surface area contributed by atoms with Gasteiger partial charge in [0.1, 0.15) is 0 Å². The first-order valence-corrected chi connectivity index (χ1v) is 8.65. The van der Waals surface area contributed by atoms with Gasteiger partial charge in [0.2, 0.25) is 0 Å². The van der Waals surface area contributed by atoms with Crippen molar-refractivity contribution in [1.29, 1.82) is 0 Å². The van der Waals surface area contributed by atoms with Crippen molar-refractivity contribution in [3.63, 3.8) is 0 Å². The van der Waals surface area contributed by atoms with E-state index in [1.165, 1.54) is 11.8 Å². The summed E-state index contributed by atoms with van der Waals surface area (Å²) in [5.74, 6) is 3.21. The molecule has 2 rings (SSSR count). The fourth-order valence-electron chi connectivity index (χ4n) is 1.82. The van der Waals surface area contributed by atoms with Crippen LogP contribution in [-0.2, 0) is 11.3 Å². The Morgan fingerprint density at radius 2 is 2.33 bits per heavy atom. The lowest BCUT2D eigenvalue weighted by Crippen LogP contribution is -2.05. The molecule has 21 heavy (non-hydrogen) atoms. The summed E-state index contributed by atoms with van der Waals surface area (Å²) in [6, 6.07) is 5.50. The molecule has 2 aromatic rings. The van der Waals surface area contributed by atoms with Gasteiger partial charge in [-0.25, -0.2) is 4.98 Å². The van der Waals surface area contributed by atoms with Crippen molar-refractivity contribution in [2.24, 2.45) is 0 Å². The number of hydrogen-bond acceptors (Lipinski definition) is 4. The molecule has 1 heterocycles. The van der Waals surface area contributed by atoms with Gasteiger partial charge in [0, 0.05) is 17.3 Å². The zero-order valence-electron chi connectivity index (χ0n) is 11.1. The standard InChI is InChI=1S/C14H13ClN2O2S2/c1-2-6-20-7-5-17-12-4-3-10(15)8-11(12)16-14(17)21-9-13(18)19/h1,3-4,8H,5-7,9H2,(H,18,19). The van der Waals surface area contributed by atoms with Crippen LogP contribution in [0, 0.1) is 12.3 Å². The van der Waals surface area contributed by atoms with Gasteiger partial charge in [0.15, 0.2) is 5.16 Å². The second-order valence-electron chi connectivity index (χ2n) is 4.12. The number of terminal acetylenes is 1. The van der Waals surface area contributed by atoms with Crippen LogP contribution in [0.15, 0.2) is 23.4 Å². The van der Waals surface area contributed by atoms with E-state index in [1.807, 2.05) is 16.7 Å². The van der Waals surface area contributed by atoms with Gasteiger partial charge in [-0.3, -0.25) is 4.79 Å². The number of benzene rings is 1. The van der Waals surface area contributed by atoms with Crippen LogP contribution in [0.3, 0.4) is 0 Å². The van der Waals surface area contributed by atoms with Gasteiger partial charge in [0.05, 0.1) is 22.5 Å². The molecule has 4 nitrogen and oxygen atoms in total. The van der Waals surface area contributed by atoms with Crippen LogP contribution in [0.25, 0.3) is 11.0 Å². The van der Waals surface area contributed by atoms with Crippen LogP contribution in [0.1, 0.15) is 0 Å². The topological polar surface area (TPSA) is 55.1 Å². The SMILES string of the molecule is C#CCSCCn1c(SCC(=O)O)nc2cc(Cl)ccc21. The molecule has 0 spiro atoms. The summed E-state index contributed by atoms with van der Waals surface area (Å²) in [7, 11) is 0. The zero-order valence-corrected chi connectivity index (χ0v) is 13.5. The van der Waals surface area contributed by atoms with Crippen LogP contribution < -0.4 is 0 Å². The largest absolute Gasteiger partial charge is 0.481 e. The fraction of sp³-hybridized carbons (Fsp3) is 0.286. The molecular weight excluding hydrogens is 328 g/mol. The number of thioether (sulfide) groups is 2. The Bertz CT molecular complexity index is 694. The Morgan fingerprint density at radius 3 is 3.05 bits per heavy atom. The molecular formula is C14H13ClN2O2S2. The summed E-state index contributed by atoms with van der Waals surface area (Å²) >= 11 is 8.85. The van der Waals surface area contributed by atoms with Crippen molar-refractivity contribution < 1.29 is 9.90 Å². The molecule has 110 valence electrons.